The molecule has 2 heterocycles. The summed E-state index contributed by atoms with van der Waals surface area (Å²) in [4.78, 5) is 26.3. The fraction of sp³-hybridized carbons (Fsp3) is 0.364. The molecule has 7 nitrogen and oxygen atoms in total. The molecule has 0 spiro atoms. The molecule has 1 N–H and O–H groups in total. The maximum Gasteiger partial charge on any atom is 0.341 e. The number of rotatable bonds is 7. The standard InChI is InChI=1S/C22H23N3O4S2/c1-3-28-21(27)18-15-6-4-5-7-16(15)31-20(18)23-17(26)12-30-22-25-24-19(29-22)14-10-8-13(2)9-11-14/h8-11H,3-7,12H2,1-2H3,(H,23,26). The third-order valence-electron chi connectivity index (χ3n) is 4.94. The molecule has 0 fully saturated rings. The smallest absolute Gasteiger partial charge is 0.341 e. The van der Waals surface area contributed by atoms with Crippen LogP contribution in [0.1, 0.15) is 46.1 Å². The van der Waals surface area contributed by atoms with Crippen molar-refractivity contribution in [1.82, 2.24) is 10.2 Å². The van der Waals surface area contributed by atoms with Crippen molar-refractivity contribution in [2.45, 2.75) is 44.8 Å². The summed E-state index contributed by atoms with van der Waals surface area (Å²) in [6.45, 7) is 4.09. The van der Waals surface area contributed by atoms with E-state index in [9.17, 15) is 9.59 Å². The Bertz CT molecular complexity index is 1090. The zero-order valence-corrected chi connectivity index (χ0v) is 19.0. The fourth-order valence-corrected chi connectivity index (χ4v) is 5.30. The highest BCUT2D eigenvalue weighted by Gasteiger charge is 2.27. The van der Waals surface area contributed by atoms with Crippen LogP contribution in [0.5, 0.6) is 0 Å². The number of carbonyl (C=O) groups is 2. The van der Waals surface area contributed by atoms with Gasteiger partial charge in [-0.15, -0.1) is 21.5 Å². The number of amides is 1. The minimum absolute atomic E-state index is 0.0976. The van der Waals surface area contributed by atoms with Gasteiger partial charge in [0.05, 0.1) is 17.9 Å². The fourth-order valence-electron chi connectivity index (χ4n) is 3.44. The van der Waals surface area contributed by atoms with Gasteiger partial charge in [-0.1, -0.05) is 29.5 Å². The highest BCUT2D eigenvalue weighted by molar-refractivity contribution is 7.99. The van der Waals surface area contributed by atoms with Crippen molar-refractivity contribution in [3.05, 3.63) is 45.8 Å². The molecular formula is C22H23N3O4S2. The Kier molecular flexibility index (Phi) is 6.72. The van der Waals surface area contributed by atoms with E-state index in [0.717, 1.165) is 59.0 Å². The van der Waals surface area contributed by atoms with Crippen molar-refractivity contribution in [3.8, 4) is 11.5 Å². The topological polar surface area (TPSA) is 94.3 Å². The number of hydrogen-bond acceptors (Lipinski definition) is 8. The van der Waals surface area contributed by atoms with E-state index in [2.05, 4.69) is 15.5 Å². The number of thioether (sulfide) groups is 1. The number of hydrogen-bond donors (Lipinski definition) is 1. The summed E-state index contributed by atoms with van der Waals surface area (Å²) in [6, 6.07) is 7.78. The molecule has 0 saturated heterocycles. The summed E-state index contributed by atoms with van der Waals surface area (Å²) in [5.74, 6) is -0.0902. The summed E-state index contributed by atoms with van der Waals surface area (Å²) in [5, 5.41) is 11.8. The molecule has 0 radical (unpaired) electrons. The highest BCUT2D eigenvalue weighted by Crippen LogP contribution is 2.38. The number of aromatic nitrogens is 2. The van der Waals surface area contributed by atoms with Crippen LogP contribution in [0.25, 0.3) is 11.5 Å². The van der Waals surface area contributed by atoms with E-state index in [0.29, 0.717) is 28.3 Å². The Morgan fingerprint density at radius 1 is 1.19 bits per heavy atom. The monoisotopic (exact) mass is 457 g/mol. The molecule has 0 atom stereocenters. The maximum atomic E-state index is 12.6. The number of thiophene rings is 1. The van der Waals surface area contributed by atoms with Gasteiger partial charge in [-0.3, -0.25) is 4.79 Å². The normalized spacial score (nSPS) is 13.0. The van der Waals surface area contributed by atoms with Crippen LogP contribution in [0.3, 0.4) is 0 Å². The van der Waals surface area contributed by atoms with E-state index in [-0.39, 0.29) is 17.6 Å². The number of aryl methyl sites for hydroxylation is 2. The minimum atomic E-state index is -0.371. The van der Waals surface area contributed by atoms with Crippen LogP contribution < -0.4 is 5.32 Å². The molecule has 4 rings (SSSR count). The van der Waals surface area contributed by atoms with Gasteiger partial charge >= 0.3 is 5.97 Å². The first-order valence-corrected chi connectivity index (χ1v) is 12.0. The van der Waals surface area contributed by atoms with Gasteiger partial charge in [-0.2, -0.15) is 0 Å². The van der Waals surface area contributed by atoms with Gasteiger partial charge in [-0.05, 0) is 57.2 Å². The van der Waals surface area contributed by atoms with Gasteiger partial charge in [0.2, 0.25) is 11.8 Å². The van der Waals surface area contributed by atoms with Crippen LogP contribution in [0.15, 0.2) is 33.9 Å². The summed E-state index contributed by atoms with van der Waals surface area (Å²) < 4.78 is 10.9. The molecule has 3 aromatic rings. The number of carbonyl (C=O) groups excluding carboxylic acids is 2. The van der Waals surface area contributed by atoms with Crippen LogP contribution in [-0.2, 0) is 22.4 Å². The van der Waals surface area contributed by atoms with E-state index >= 15 is 0 Å². The second kappa shape index (κ2) is 9.65. The number of ether oxygens (including phenoxy) is 1. The van der Waals surface area contributed by atoms with E-state index < -0.39 is 0 Å². The highest BCUT2D eigenvalue weighted by atomic mass is 32.2. The first-order chi connectivity index (χ1) is 15.0. The third kappa shape index (κ3) is 4.99. The Hall–Kier alpha value is -2.65. The van der Waals surface area contributed by atoms with Crippen molar-refractivity contribution in [1.29, 1.82) is 0 Å². The Labute approximate surface area is 188 Å². The van der Waals surface area contributed by atoms with E-state index in [1.807, 2.05) is 31.2 Å². The average Bonchev–Trinajstić information content (AvgIpc) is 3.37. The predicted molar refractivity (Wildman–Crippen MR) is 121 cm³/mol. The van der Waals surface area contributed by atoms with Gasteiger partial charge in [0, 0.05) is 10.4 Å². The van der Waals surface area contributed by atoms with E-state index in [1.165, 1.54) is 11.3 Å². The largest absolute Gasteiger partial charge is 0.462 e. The van der Waals surface area contributed by atoms with Gasteiger partial charge in [0.1, 0.15) is 5.00 Å². The number of anilines is 1. The predicted octanol–water partition coefficient (Wildman–Crippen LogP) is 4.89. The quantitative estimate of drug-likeness (QED) is 0.399. The van der Waals surface area contributed by atoms with Crippen molar-refractivity contribution in [3.63, 3.8) is 0 Å². The molecule has 162 valence electrons. The first-order valence-electron chi connectivity index (χ1n) is 10.2. The van der Waals surface area contributed by atoms with Crippen LogP contribution >= 0.6 is 23.1 Å². The molecule has 9 heteroatoms. The van der Waals surface area contributed by atoms with Gasteiger partial charge in [0.25, 0.3) is 5.22 Å². The number of esters is 1. The summed E-state index contributed by atoms with van der Waals surface area (Å²) in [6.07, 6.45) is 3.91. The van der Waals surface area contributed by atoms with Crippen LogP contribution in [0.4, 0.5) is 5.00 Å². The zero-order valence-electron chi connectivity index (χ0n) is 17.4. The maximum absolute atomic E-state index is 12.6. The number of nitrogens with one attached hydrogen (secondary N) is 1. The molecule has 2 aromatic heterocycles. The molecule has 31 heavy (non-hydrogen) atoms. The lowest BCUT2D eigenvalue weighted by Gasteiger charge is -2.12. The second-order valence-electron chi connectivity index (χ2n) is 7.21. The zero-order chi connectivity index (χ0) is 21.8. The molecule has 1 aromatic carbocycles. The number of fused-ring (bicyclic) bond motifs is 1. The summed E-state index contributed by atoms with van der Waals surface area (Å²) in [7, 11) is 0. The molecule has 0 unspecified atom stereocenters. The summed E-state index contributed by atoms with van der Waals surface area (Å²) in [5.41, 5.74) is 3.52. The minimum Gasteiger partial charge on any atom is -0.462 e. The molecule has 1 aliphatic carbocycles. The number of nitrogens with zero attached hydrogens (tertiary/aromatic N) is 2. The SMILES string of the molecule is CCOC(=O)c1c(NC(=O)CSc2nnc(-c3ccc(C)cc3)o2)sc2c1CCCC2. The summed E-state index contributed by atoms with van der Waals surface area (Å²) >= 11 is 2.64. The molecule has 0 aliphatic heterocycles. The Balaban J connectivity index is 1.42. The first kappa shape index (κ1) is 21.6. The van der Waals surface area contributed by atoms with Crippen molar-refractivity contribution in [2.24, 2.45) is 0 Å². The Morgan fingerprint density at radius 2 is 1.97 bits per heavy atom. The molecule has 1 aliphatic rings. The van der Waals surface area contributed by atoms with Crippen LogP contribution in [0.2, 0.25) is 0 Å². The van der Waals surface area contributed by atoms with Crippen molar-refractivity contribution < 1.29 is 18.7 Å². The molecule has 1 amide bonds. The molecule has 0 bridgehead atoms. The van der Waals surface area contributed by atoms with Crippen molar-refractivity contribution in [2.75, 3.05) is 17.7 Å². The lowest BCUT2D eigenvalue weighted by atomic mass is 9.95. The molecule has 0 saturated carbocycles. The Morgan fingerprint density at radius 3 is 2.74 bits per heavy atom. The lowest BCUT2D eigenvalue weighted by Crippen LogP contribution is -2.17. The van der Waals surface area contributed by atoms with Crippen molar-refractivity contribution >= 4 is 40.0 Å². The van der Waals surface area contributed by atoms with Gasteiger partial charge in [-0.25, -0.2) is 4.79 Å². The van der Waals surface area contributed by atoms with Gasteiger partial charge < -0.3 is 14.5 Å². The molecular weight excluding hydrogens is 434 g/mol. The van der Waals surface area contributed by atoms with Crippen LogP contribution in [0, 0.1) is 6.92 Å². The lowest BCUT2D eigenvalue weighted by molar-refractivity contribution is -0.113. The van der Waals surface area contributed by atoms with Crippen LogP contribution in [-0.4, -0.2) is 34.4 Å². The van der Waals surface area contributed by atoms with E-state index in [4.69, 9.17) is 9.15 Å². The second-order valence-corrected chi connectivity index (χ2v) is 9.24. The van der Waals surface area contributed by atoms with Gasteiger partial charge in [0.15, 0.2) is 0 Å². The average molecular weight is 458 g/mol. The third-order valence-corrected chi connectivity index (χ3v) is 6.96. The van der Waals surface area contributed by atoms with E-state index in [1.54, 1.807) is 6.92 Å². The number of benzene rings is 1.